The predicted molar refractivity (Wildman–Crippen MR) is 37.6 cm³/mol. The molecule has 0 amide bonds. The second kappa shape index (κ2) is 2.83. The van der Waals surface area contributed by atoms with Crippen LogP contribution in [0.25, 0.3) is 0 Å². The molecule has 48 valence electrons. The molecule has 0 spiro atoms. The van der Waals surface area contributed by atoms with Crippen molar-refractivity contribution in [3.05, 3.63) is 23.8 Å². The third kappa shape index (κ3) is 1.42. The molecule has 0 saturated heterocycles. The number of allylic oxidation sites excluding steroid dienone is 4. The summed E-state index contributed by atoms with van der Waals surface area (Å²) in [4.78, 5) is 10.8. The molecule has 1 rings (SSSR count). The van der Waals surface area contributed by atoms with Crippen molar-refractivity contribution in [2.24, 2.45) is 0 Å². The van der Waals surface area contributed by atoms with Crippen LogP contribution in [0.15, 0.2) is 23.8 Å². The summed E-state index contributed by atoms with van der Waals surface area (Å²) in [5.41, 5.74) is 0.721. The van der Waals surface area contributed by atoms with Gasteiger partial charge < -0.3 is 0 Å². The van der Waals surface area contributed by atoms with E-state index in [1.54, 1.807) is 6.08 Å². The Kier molecular flexibility index (Phi) is 2.06. The quantitative estimate of drug-likeness (QED) is 0.509. The van der Waals surface area contributed by atoms with Crippen LogP contribution >= 0.6 is 11.6 Å². The zero-order valence-corrected chi connectivity index (χ0v) is 5.69. The van der Waals surface area contributed by atoms with Crippen molar-refractivity contribution in [3.63, 3.8) is 0 Å². The van der Waals surface area contributed by atoms with E-state index >= 15 is 0 Å². The maximum Gasteiger partial charge on any atom is 0.182 e. The summed E-state index contributed by atoms with van der Waals surface area (Å²) in [7, 11) is 0. The molecule has 2 heteroatoms. The first-order valence-electron chi connectivity index (χ1n) is 2.80. The normalized spacial score (nSPS) is 17.9. The molecule has 0 bridgehead atoms. The Balaban J connectivity index is 2.71. The van der Waals surface area contributed by atoms with E-state index in [0.717, 1.165) is 12.0 Å². The Morgan fingerprint density at radius 2 is 2.44 bits per heavy atom. The van der Waals surface area contributed by atoms with E-state index in [1.165, 1.54) is 0 Å². The summed E-state index contributed by atoms with van der Waals surface area (Å²) in [6, 6.07) is 0. The van der Waals surface area contributed by atoms with Crippen LogP contribution < -0.4 is 0 Å². The molecular formula is C7H7ClO. The molecule has 0 aromatic heterocycles. The molecule has 1 aliphatic carbocycles. The molecule has 0 aromatic rings. The van der Waals surface area contributed by atoms with Crippen LogP contribution in [0, 0.1) is 0 Å². The Morgan fingerprint density at radius 3 is 2.89 bits per heavy atom. The van der Waals surface area contributed by atoms with Gasteiger partial charge in [0.2, 0.25) is 0 Å². The average molecular weight is 143 g/mol. The maximum atomic E-state index is 10.8. The van der Waals surface area contributed by atoms with Gasteiger partial charge in [0.05, 0.1) is 5.88 Å². The highest BCUT2D eigenvalue weighted by molar-refractivity contribution is 6.24. The number of halogens is 1. The average Bonchev–Trinajstić information content (AvgIpc) is 1.89. The fourth-order valence-electron chi connectivity index (χ4n) is 0.713. The van der Waals surface area contributed by atoms with Crippen molar-refractivity contribution in [2.45, 2.75) is 6.42 Å². The molecule has 0 saturated carbocycles. The van der Waals surface area contributed by atoms with Crippen molar-refractivity contribution in [1.29, 1.82) is 0 Å². The van der Waals surface area contributed by atoms with Crippen LogP contribution in [0.4, 0.5) is 0 Å². The topological polar surface area (TPSA) is 17.1 Å². The Labute approximate surface area is 59.0 Å². The van der Waals surface area contributed by atoms with Gasteiger partial charge in [0.25, 0.3) is 0 Å². The minimum absolute atomic E-state index is 0.0521. The van der Waals surface area contributed by atoms with Gasteiger partial charge in [-0.1, -0.05) is 12.2 Å². The first-order chi connectivity index (χ1) is 4.34. The first-order valence-corrected chi connectivity index (χ1v) is 3.34. The van der Waals surface area contributed by atoms with E-state index in [9.17, 15) is 4.79 Å². The second-order valence-corrected chi connectivity index (χ2v) is 2.13. The summed E-state index contributed by atoms with van der Waals surface area (Å²) < 4.78 is 0. The summed E-state index contributed by atoms with van der Waals surface area (Å²) in [6.45, 7) is 0. The van der Waals surface area contributed by atoms with E-state index in [-0.39, 0.29) is 5.78 Å². The number of carbonyl (C=O) groups excluding carboxylic acids is 1. The number of alkyl halides is 1. The monoisotopic (exact) mass is 142 g/mol. The predicted octanol–water partition coefficient (Wildman–Crippen LogP) is 1.68. The number of hydrogen-bond donors (Lipinski definition) is 0. The van der Waals surface area contributed by atoms with Gasteiger partial charge in [-0.05, 0) is 12.5 Å². The van der Waals surface area contributed by atoms with Crippen LogP contribution in [0.2, 0.25) is 0 Å². The first kappa shape index (κ1) is 6.56. The van der Waals surface area contributed by atoms with Crippen molar-refractivity contribution < 1.29 is 4.79 Å². The minimum Gasteiger partial charge on any atom is -0.290 e. The second-order valence-electron chi connectivity index (χ2n) is 1.87. The van der Waals surface area contributed by atoms with Crippen LogP contribution in [0.3, 0.4) is 0 Å². The van der Waals surface area contributed by atoms with Crippen molar-refractivity contribution in [1.82, 2.24) is 0 Å². The molecule has 1 nitrogen and oxygen atoms in total. The molecule has 0 fully saturated rings. The van der Waals surface area contributed by atoms with Gasteiger partial charge in [0, 0.05) is 5.57 Å². The molecule has 0 radical (unpaired) electrons. The minimum atomic E-state index is 0.0521. The van der Waals surface area contributed by atoms with Gasteiger partial charge in [0.15, 0.2) is 5.78 Å². The number of carbonyl (C=O) groups is 1. The highest BCUT2D eigenvalue weighted by Crippen LogP contribution is 2.07. The van der Waals surface area contributed by atoms with E-state index in [2.05, 4.69) is 0 Å². The summed E-state index contributed by atoms with van der Waals surface area (Å²) in [5, 5.41) is 0. The fraction of sp³-hybridized carbons (Fsp3) is 0.286. The molecule has 1 aliphatic rings. The molecule has 9 heavy (non-hydrogen) atoms. The number of hydrogen-bond acceptors (Lipinski definition) is 1. The van der Waals surface area contributed by atoms with Gasteiger partial charge in [-0.25, -0.2) is 0 Å². The van der Waals surface area contributed by atoms with Crippen LogP contribution in [0.1, 0.15) is 6.42 Å². The van der Waals surface area contributed by atoms with Crippen LogP contribution in [-0.2, 0) is 4.79 Å². The summed E-state index contributed by atoms with van der Waals surface area (Å²) >= 11 is 5.45. The third-order valence-corrected chi connectivity index (χ3v) is 1.52. The van der Waals surface area contributed by atoms with Crippen molar-refractivity contribution in [2.75, 3.05) is 5.88 Å². The van der Waals surface area contributed by atoms with Crippen molar-refractivity contribution >= 4 is 17.4 Å². The lowest BCUT2D eigenvalue weighted by Crippen LogP contribution is -2.02. The van der Waals surface area contributed by atoms with Gasteiger partial charge in [-0.3, -0.25) is 4.79 Å². The van der Waals surface area contributed by atoms with Gasteiger partial charge in [-0.15, -0.1) is 11.6 Å². The molecule has 0 aliphatic heterocycles. The highest BCUT2D eigenvalue weighted by atomic mass is 35.5. The van der Waals surface area contributed by atoms with Gasteiger partial charge >= 0.3 is 0 Å². The van der Waals surface area contributed by atoms with Gasteiger partial charge in [-0.2, -0.15) is 0 Å². The highest BCUT2D eigenvalue weighted by Gasteiger charge is 2.05. The molecule has 0 heterocycles. The molecule has 0 N–H and O–H groups in total. The molecular weight excluding hydrogens is 136 g/mol. The number of ketones is 1. The zero-order valence-electron chi connectivity index (χ0n) is 4.93. The van der Waals surface area contributed by atoms with E-state index in [0.29, 0.717) is 5.88 Å². The Hall–Kier alpha value is -0.560. The SMILES string of the molecule is O=C1C=CCC=C1CCl. The van der Waals surface area contributed by atoms with Crippen LogP contribution in [-0.4, -0.2) is 11.7 Å². The molecule has 0 aromatic carbocycles. The largest absolute Gasteiger partial charge is 0.290 e. The van der Waals surface area contributed by atoms with E-state index in [1.807, 2.05) is 12.2 Å². The number of rotatable bonds is 1. The zero-order chi connectivity index (χ0) is 6.69. The van der Waals surface area contributed by atoms with Crippen molar-refractivity contribution in [3.8, 4) is 0 Å². The lowest BCUT2D eigenvalue weighted by molar-refractivity contribution is -0.111. The fourth-order valence-corrected chi connectivity index (χ4v) is 0.954. The summed E-state index contributed by atoms with van der Waals surface area (Å²) in [6.07, 6.45) is 6.10. The molecule has 0 atom stereocenters. The van der Waals surface area contributed by atoms with Gasteiger partial charge in [0.1, 0.15) is 0 Å². The summed E-state index contributed by atoms with van der Waals surface area (Å²) in [5.74, 6) is 0.389. The standard InChI is InChI=1S/C7H7ClO/c8-5-6-3-1-2-4-7(6)9/h2-4H,1,5H2. The lowest BCUT2D eigenvalue weighted by Gasteiger charge is -2.00. The smallest absolute Gasteiger partial charge is 0.182 e. The van der Waals surface area contributed by atoms with Crippen LogP contribution in [0.5, 0.6) is 0 Å². The lowest BCUT2D eigenvalue weighted by atomic mass is 10.1. The Bertz CT molecular complexity index is 179. The Morgan fingerprint density at radius 1 is 1.67 bits per heavy atom. The third-order valence-electron chi connectivity index (χ3n) is 1.23. The van der Waals surface area contributed by atoms with E-state index in [4.69, 9.17) is 11.6 Å². The van der Waals surface area contributed by atoms with E-state index < -0.39 is 0 Å². The maximum absolute atomic E-state index is 10.8. The molecule has 0 unspecified atom stereocenters.